The molecule has 1 heteroatoms. The first-order chi connectivity index (χ1) is 7.79. The third kappa shape index (κ3) is 2.85. The van der Waals surface area contributed by atoms with Gasteiger partial charge in [0.15, 0.2) is 0 Å². The SMILES string of the molecule is CCC1CCN(Cc2ccccc2)CC1C. The van der Waals surface area contributed by atoms with Crippen LogP contribution in [0.15, 0.2) is 30.3 Å². The highest BCUT2D eigenvalue weighted by Gasteiger charge is 2.24. The van der Waals surface area contributed by atoms with Gasteiger partial charge in [-0.05, 0) is 30.4 Å². The van der Waals surface area contributed by atoms with Crippen molar-refractivity contribution in [2.45, 2.75) is 33.2 Å². The summed E-state index contributed by atoms with van der Waals surface area (Å²) in [4.78, 5) is 2.60. The predicted molar refractivity (Wildman–Crippen MR) is 69.3 cm³/mol. The summed E-state index contributed by atoms with van der Waals surface area (Å²) in [6.45, 7) is 8.41. The molecule has 16 heavy (non-hydrogen) atoms. The first-order valence-electron chi connectivity index (χ1n) is 6.56. The molecule has 1 heterocycles. The largest absolute Gasteiger partial charge is 0.299 e. The number of hydrogen-bond donors (Lipinski definition) is 0. The van der Waals surface area contributed by atoms with Crippen LogP contribution >= 0.6 is 0 Å². The predicted octanol–water partition coefficient (Wildman–Crippen LogP) is 3.55. The number of hydrogen-bond acceptors (Lipinski definition) is 1. The summed E-state index contributed by atoms with van der Waals surface area (Å²) in [6, 6.07) is 10.8. The highest BCUT2D eigenvalue weighted by molar-refractivity contribution is 5.14. The minimum Gasteiger partial charge on any atom is -0.299 e. The molecule has 1 saturated heterocycles. The lowest BCUT2D eigenvalue weighted by atomic mass is 9.85. The van der Waals surface area contributed by atoms with Gasteiger partial charge < -0.3 is 0 Å². The minimum atomic E-state index is 0.863. The maximum Gasteiger partial charge on any atom is 0.0233 e. The molecule has 0 bridgehead atoms. The van der Waals surface area contributed by atoms with Crippen LogP contribution in [-0.4, -0.2) is 18.0 Å². The lowest BCUT2D eigenvalue weighted by molar-refractivity contribution is 0.121. The van der Waals surface area contributed by atoms with Crippen LogP contribution in [0.5, 0.6) is 0 Å². The first kappa shape index (κ1) is 11.7. The third-order valence-electron chi connectivity index (χ3n) is 3.94. The molecule has 2 unspecified atom stereocenters. The van der Waals surface area contributed by atoms with E-state index in [9.17, 15) is 0 Å². The summed E-state index contributed by atoms with van der Waals surface area (Å²) in [7, 11) is 0. The van der Waals surface area contributed by atoms with Gasteiger partial charge in [0.25, 0.3) is 0 Å². The zero-order valence-electron chi connectivity index (χ0n) is 10.5. The molecule has 0 N–H and O–H groups in total. The van der Waals surface area contributed by atoms with Gasteiger partial charge in [0, 0.05) is 13.1 Å². The van der Waals surface area contributed by atoms with Gasteiger partial charge in [-0.25, -0.2) is 0 Å². The summed E-state index contributed by atoms with van der Waals surface area (Å²) in [5, 5.41) is 0. The Labute approximate surface area is 99.5 Å². The number of piperidine rings is 1. The van der Waals surface area contributed by atoms with E-state index < -0.39 is 0 Å². The molecule has 2 rings (SSSR count). The van der Waals surface area contributed by atoms with Crippen molar-refractivity contribution in [2.24, 2.45) is 11.8 Å². The topological polar surface area (TPSA) is 3.24 Å². The fourth-order valence-corrected chi connectivity index (χ4v) is 2.87. The quantitative estimate of drug-likeness (QED) is 0.748. The van der Waals surface area contributed by atoms with Crippen LogP contribution in [-0.2, 0) is 6.54 Å². The number of nitrogens with zero attached hydrogens (tertiary/aromatic N) is 1. The molecule has 1 aliphatic heterocycles. The van der Waals surface area contributed by atoms with E-state index >= 15 is 0 Å². The van der Waals surface area contributed by atoms with Crippen molar-refractivity contribution in [1.82, 2.24) is 4.90 Å². The van der Waals surface area contributed by atoms with Crippen molar-refractivity contribution in [2.75, 3.05) is 13.1 Å². The minimum absolute atomic E-state index is 0.863. The number of rotatable bonds is 3. The van der Waals surface area contributed by atoms with Crippen LogP contribution in [0.1, 0.15) is 32.3 Å². The van der Waals surface area contributed by atoms with Crippen molar-refractivity contribution in [1.29, 1.82) is 0 Å². The van der Waals surface area contributed by atoms with E-state index in [0.29, 0.717) is 0 Å². The van der Waals surface area contributed by atoms with Gasteiger partial charge in [-0.1, -0.05) is 50.6 Å². The molecule has 0 saturated carbocycles. The molecule has 0 aliphatic carbocycles. The summed E-state index contributed by atoms with van der Waals surface area (Å²) in [6.07, 6.45) is 2.73. The van der Waals surface area contributed by atoms with Gasteiger partial charge in [-0.2, -0.15) is 0 Å². The zero-order valence-corrected chi connectivity index (χ0v) is 10.5. The second kappa shape index (κ2) is 5.49. The average Bonchev–Trinajstić information content (AvgIpc) is 2.31. The molecular weight excluding hydrogens is 194 g/mol. The van der Waals surface area contributed by atoms with Gasteiger partial charge >= 0.3 is 0 Å². The normalized spacial score (nSPS) is 26.9. The molecule has 2 atom stereocenters. The highest BCUT2D eigenvalue weighted by atomic mass is 15.1. The highest BCUT2D eigenvalue weighted by Crippen LogP contribution is 2.26. The van der Waals surface area contributed by atoms with E-state index in [4.69, 9.17) is 0 Å². The smallest absolute Gasteiger partial charge is 0.0233 e. The molecule has 0 spiro atoms. The number of likely N-dealkylation sites (tertiary alicyclic amines) is 1. The second-order valence-electron chi connectivity index (χ2n) is 5.16. The molecule has 0 radical (unpaired) electrons. The third-order valence-corrected chi connectivity index (χ3v) is 3.94. The molecule has 1 nitrogen and oxygen atoms in total. The zero-order chi connectivity index (χ0) is 11.4. The summed E-state index contributed by atoms with van der Waals surface area (Å²) in [5.74, 6) is 1.81. The monoisotopic (exact) mass is 217 g/mol. The Morgan fingerprint density at radius 2 is 2.00 bits per heavy atom. The summed E-state index contributed by atoms with van der Waals surface area (Å²) in [5.41, 5.74) is 1.45. The fraction of sp³-hybridized carbons (Fsp3) is 0.600. The van der Waals surface area contributed by atoms with Gasteiger partial charge in [0.1, 0.15) is 0 Å². The Morgan fingerprint density at radius 3 is 2.62 bits per heavy atom. The molecule has 88 valence electrons. The van der Waals surface area contributed by atoms with E-state index in [2.05, 4.69) is 49.1 Å². The summed E-state index contributed by atoms with van der Waals surface area (Å²) >= 11 is 0. The van der Waals surface area contributed by atoms with Gasteiger partial charge in [0.2, 0.25) is 0 Å². The van der Waals surface area contributed by atoms with E-state index in [0.717, 1.165) is 18.4 Å². The van der Waals surface area contributed by atoms with Crippen molar-refractivity contribution in [3.8, 4) is 0 Å². The molecular formula is C15H23N. The first-order valence-corrected chi connectivity index (χ1v) is 6.56. The second-order valence-corrected chi connectivity index (χ2v) is 5.16. The van der Waals surface area contributed by atoms with E-state index in [1.807, 2.05) is 0 Å². The van der Waals surface area contributed by atoms with E-state index in [1.54, 1.807) is 0 Å². The Kier molecular flexibility index (Phi) is 4.00. The van der Waals surface area contributed by atoms with Crippen LogP contribution in [0.2, 0.25) is 0 Å². The molecule has 1 fully saturated rings. The van der Waals surface area contributed by atoms with Gasteiger partial charge in [0.05, 0.1) is 0 Å². The lowest BCUT2D eigenvalue weighted by Crippen LogP contribution is -2.38. The Morgan fingerprint density at radius 1 is 1.25 bits per heavy atom. The van der Waals surface area contributed by atoms with Gasteiger partial charge in [-0.3, -0.25) is 4.90 Å². The Balaban J connectivity index is 1.89. The van der Waals surface area contributed by atoms with Crippen molar-refractivity contribution in [3.05, 3.63) is 35.9 Å². The van der Waals surface area contributed by atoms with Crippen LogP contribution in [0.3, 0.4) is 0 Å². The van der Waals surface area contributed by atoms with Crippen molar-refractivity contribution < 1.29 is 0 Å². The van der Waals surface area contributed by atoms with E-state index in [1.165, 1.54) is 31.5 Å². The van der Waals surface area contributed by atoms with Gasteiger partial charge in [-0.15, -0.1) is 0 Å². The maximum atomic E-state index is 2.60. The molecule has 1 aromatic rings. The summed E-state index contributed by atoms with van der Waals surface area (Å²) < 4.78 is 0. The maximum absolute atomic E-state index is 2.60. The van der Waals surface area contributed by atoms with Crippen molar-refractivity contribution >= 4 is 0 Å². The van der Waals surface area contributed by atoms with E-state index in [-0.39, 0.29) is 0 Å². The average molecular weight is 217 g/mol. The van der Waals surface area contributed by atoms with Crippen LogP contribution in [0.4, 0.5) is 0 Å². The fourth-order valence-electron chi connectivity index (χ4n) is 2.87. The van der Waals surface area contributed by atoms with Crippen LogP contribution in [0.25, 0.3) is 0 Å². The van der Waals surface area contributed by atoms with Crippen molar-refractivity contribution in [3.63, 3.8) is 0 Å². The standard InChI is InChI=1S/C15H23N/c1-3-15-9-10-16(11-13(15)2)12-14-7-5-4-6-8-14/h4-8,13,15H,3,9-12H2,1-2H3. The Bertz CT molecular complexity index is 306. The van der Waals surface area contributed by atoms with Crippen LogP contribution < -0.4 is 0 Å². The van der Waals surface area contributed by atoms with Crippen LogP contribution in [0, 0.1) is 11.8 Å². The molecule has 0 amide bonds. The lowest BCUT2D eigenvalue weighted by Gasteiger charge is -2.36. The molecule has 1 aromatic carbocycles. The molecule has 0 aromatic heterocycles. The molecule has 1 aliphatic rings. The number of benzene rings is 1. The Hall–Kier alpha value is -0.820.